The summed E-state index contributed by atoms with van der Waals surface area (Å²) in [5.41, 5.74) is 3.06. The van der Waals surface area contributed by atoms with Crippen molar-refractivity contribution in [3.63, 3.8) is 0 Å². The molecule has 0 heterocycles. The number of carboxylic acids is 1. The zero-order valence-electron chi connectivity index (χ0n) is 11.8. The van der Waals surface area contributed by atoms with Gasteiger partial charge in [-0.3, -0.25) is 4.79 Å². The summed E-state index contributed by atoms with van der Waals surface area (Å²) in [6.07, 6.45) is -0.746. The number of aliphatic hydroxyl groups excluding tert-OH is 1. The molecule has 2 rings (SSSR count). The van der Waals surface area contributed by atoms with Crippen molar-refractivity contribution < 1.29 is 19.7 Å². The van der Waals surface area contributed by atoms with E-state index in [4.69, 9.17) is 9.84 Å². The van der Waals surface area contributed by atoms with E-state index in [1.807, 2.05) is 48.5 Å². The highest BCUT2D eigenvalue weighted by molar-refractivity contribution is 5.67. The van der Waals surface area contributed by atoms with Gasteiger partial charge in [-0.15, -0.1) is 0 Å². The molecule has 4 heteroatoms. The lowest BCUT2D eigenvalue weighted by Gasteiger charge is -2.09. The summed E-state index contributed by atoms with van der Waals surface area (Å²) in [6, 6.07) is 15.5. The number of aliphatic carboxylic acids is 1. The smallest absolute Gasteiger partial charge is 0.305 e. The summed E-state index contributed by atoms with van der Waals surface area (Å²) in [5.74, 6) is -0.176. The first-order valence-electron chi connectivity index (χ1n) is 6.71. The first-order valence-corrected chi connectivity index (χ1v) is 6.71. The Morgan fingerprint density at radius 1 is 1.05 bits per heavy atom. The maximum Gasteiger partial charge on any atom is 0.305 e. The van der Waals surface area contributed by atoms with Gasteiger partial charge in [0.2, 0.25) is 0 Å². The van der Waals surface area contributed by atoms with Crippen LogP contribution in [0.2, 0.25) is 0 Å². The molecule has 0 bridgehead atoms. The number of aliphatic hydroxyl groups is 1. The van der Waals surface area contributed by atoms with Crippen LogP contribution in [0.5, 0.6) is 5.75 Å². The van der Waals surface area contributed by atoms with Crippen LogP contribution in [-0.2, 0) is 11.2 Å². The number of hydrogen-bond donors (Lipinski definition) is 2. The number of carboxylic acid groups (broad SMARTS) is 1. The standard InChI is InChI=1S/C17H18O4/c1-21-16-8-6-14(7-9-16)13-4-2-12(3-5-13)10-15(18)11-17(19)20/h2-9,15,18H,10-11H2,1H3,(H,19,20)/t15-/m1/s1. The Bertz CT molecular complexity index is 587. The van der Waals surface area contributed by atoms with Crippen LogP contribution in [-0.4, -0.2) is 29.4 Å². The average Bonchev–Trinajstić information content (AvgIpc) is 2.47. The number of hydrogen-bond acceptors (Lipinski definition) is 3. The van der Waals surface area contributed by atoms with Gasteiger partial charge < -0.3 is 14.9 Å². The topological polar surface area (TPSA) is 66.8 Å². The summed E-state index contributed by atoms with van der Waals surface area (Å²) in [7, 11) is 1.63. The third-order valence-corrected chi connectivity index (χ3v) is 3.26. The number of rotatable bonds is 6. The molecule has 110 valence electrons. The van der Waals surface area contributed by atoms with Crippen LogP contribution >= 0.6 is 0 Å². The van der Waals surface area contributed by atoms with Gasteiger partial charge in [0.05, 0.1) is 19.6 Å². The Kier molecular flexibility index (Phi) is 4.95. The van der Waals surface area contributed by atoms with Gasteiger partial charge in [0, 0.05) is 0 Å². The molecule has 0 radical (unpaired) electrons. The average molecular weight is 286 g/mol. The molecule has 0 aliphatic rings. The van der Waals surface area contributed by atoms with Crippen molar-refractivity contribution in [2.24, 2.45) is 0 Å². The fourth-order valence-electron chi connectivity index (χ4n) is 2.16. The molecular weight excluding hydrogens is 268 g/mol. The van der Waals surface area contributed by atoms with Gasteiger partial charge in [-0.25, -0.2) is 0 Å². The van der Waals surface area contributed by atoms with E-state index in [-0.39, 0.29) is 6.42 Å². The molecule has 21 heavy (non-hydrogen) atoms. The third kappa shape index (κ3) is 4.33. The van der Waals surface area contributed by atoms with Crippen molar-refractivity contribution in [2.45, 2.75) is 18.9 Å². The summed E-state index contributed by atoms with van der Waals surface area (Å²) in [6.45, 7) is 0. The second kappa shape index (κ2) is 6.90. The number of ether oxygens (including phenoxy) is 1. The molecule has 2 aromatic rings. The van der Waals surface area contributed by atoms with Crippen LogP contribution in [0.25, 0.3) is 11.1 Å². The molecule has 0 aliphatic carbocycles. The Morgan fingerprint density at radius 2 is 1.57 bits per heavy atom. The molecule has 2 aromatic carbocycles. The van der Waals surface area contributed by atoms with Gasteiger partial charge in [-0.05, 0) is 35.2 Å². The van der Waals surface area contributed by atoms with Gasteiger partial charge >= 0.3 is 5.97 Å². The molecule has 0 spiro atoms. The largest absolute Gasteiger partial charge is 0.497 e. The summed E-state index contributed by atoms with van der Waals surface area (Å²) in [5, 5.41) is 18.2. The maximum atomic E-state index is 10.5. The maximum absolute atomic E-state index is 10.5. The van der Waals surface area contributed by atoms with Crippen LogP contribution in [0, 0.1) is 0 Å². The Balaban J connectivity index is 2.05. The van der Waals surface area contributed by atoms with E-state index in [9.17, 15) is 9.90 Å². The van der Waals surface area contributed by atoms with Crippen molar-refractivity contribution in [1.29, 1.82) is 0 Å². The number of benzene rings is 2. The van der Waals surface area contributed by atoms with E-state index in [1.165, 1.54) is 0 Å². The lowest BCUT2D eigenvalue weighted by Crippen LogP contribution is -2.15. The lowest BCUT2D eigenvalue weighted by atomic mass is 10.0. The van der Waals surface area contributed by atoms with Crippen LogP contribution in [0.4, 0.5) is 0 Å². The van der Waals surface area contributed by atoms with Gasteiger partial charge in [0.1, 0.15) is 5.75 Å². The molecular formula is C17H18O4. The van der Waals surface area contributed by atoms with Crippen molar-refractivity contribution >= 4 is 5.97 Å². The molecule has 0 fully saturated rings. The minimum atomic E-state index is -0.989. The van der Waals surface area contributed by atoms with Gasteiger partial charge in [-0.1, -0.05) is 36.4 Å². The Labute approximate surface area is 123 Å². The van der Waals surface area contributed by atoms with E-state index in [0.29, 0.717) is 6.42 Å². The normalized spacial score (nSPS) is 11.9. The third-order valence-electron chi connectivity index (χ3n) is 3.26. The fourth-order valence-corrected chi connectivity index (χ4v) is 2.16. The minimum Gasteiger partial charge on any atom is -0.497 e. The molecule has 4 nitrogen and oxygen atoms in total. The number of methoxy groups -OCH3 is 1. The molecule has 0 aliphatic heterocycles. The first kappa shape index (κ1) is 15.1. The molecule has 0 saturated heterocycles. The zero-order chi connectivity index (χ0) is 15.2. The van der Waals surface area contributed by atoms with Crippen LogP contribution < -0.4 is 4.74 Å². The van der Waals surface area contributed by atoms with Gasteiger partial charge in [0.15, 0.2) is 0 Å². The minimum absolute atomic E-state index is 0.236. The lowest BCUT2D eigenvalue weighted by molar-refractivity contribution is -0.139. The summed E-state index contributed by atoms with van der Waals surface area (Å²) < 4.78 is 5.12. The Hall–Kier alpha value is -2.33. The van der Waals surface area contributed by atoms with E-state index in [2.05, 4.69) is 0 Å². The molecule has 0 saturated carbocycles. The molecule has 0 amide bonds. The van der Waals surface area contributed by atoms with Crippen molar-refractivity contribution in [2.75, 3.05) is 7.11 Å². The highest BCUT2D eigenvalue weighted by Crippen LogP contribution is 2.23. The molecule has 1 atom stereocenters. The van der Waals surface area contributed by atoms with Gasteiger partial charge in [0.25, 0.3) is 0 Å². The second-order valence-electron chi connectivity index (χ2n) is 4.88. The monoisotopic (exact) mass is 286 g/mol. The zero-order valence-corrected chi connectivity index (χ0v) is 11.8. The highest BCUT2D eigenvalue weighted by Gasteiger charge is 2.10. The Morgan fingerprint density at radius 3 is 2.05 bits per heavy atom. The van der Waals surface area contributed by atoms with Crippen molar-refractivity contribution in [3.05, 3.63) is 54.1 Å². The second-order valence-corrected chi connectivity index (χ2v) is 4.88. The predicted octanol–water partition coefficient (Wildman–Crippen LogP) is 2.74. The SMILES string of the molecule is COc1ccc(-c2ccc(C[C@@H](O)CC(=O)O)cc2)cc1. The van der Waals surface area contributed by atoms with E-state index in [0.717, 1.165) is 22.4 Å². The number of carbonyl (C=O) groups is 1. The predicted molar refractivity (Wildman–Crippen MR) is 80.4 cm³/mol. The van der Waals surface area contributed by atoms with E-state index >= 15 is 0 Å². The van der Waals surface area contributed by atoms with Crippen LogP contribution in [0.15, 0.2) is 48.5 Å². The quantitative estimate of drug-likeness (QED) is 0.857. The van der Waals surface area contributed by atoms with E-state index in [1.54, 1.807) is 7.11 Å². The first-order chi connectivity index (χ1) is 10.1. The van der Waals surface area contributed by atoms with Crippen molar-refractivity contribution in [1.82, 2.24) is 0 Å². The van der Waals surface area contributed by atoms with Crippen molar-refractivity contribution in [3.8, 4) is 16.9 Å². The molecule has 0 aromatic heterocycles. The highest BCUT2D eigenvalue weighted by atomic mass is 16.5. The van der Waals surface area contributed by atoms with Crippen LogP contribution in [0.3, 0.4) is 0 Å². The summed E-state index contributed by atoms with van der Waals surface area (Å²) >= 11 is 0. The molecule has 2 N–H and O–H groups in total. The fraction of sp³-hybridized carbons (Fsp3) is 0.235. The van der Waals surface area contributed by atoms with E-state index < -0.39 is 12.1 Å². The summed E-state index contributed by atoms with van der Waals surface area (Å²) in [4.78, 5) is 10.5. The molecule has 0 unspecified atom stereocenters. The van der Waals surface area contributed by atoms with Crippen LogP contribution in [0.1, 0.15) is 12.0 Å². The van der Waals surface area contributed by atoms with Gasteiger partial charge in [-0.2, -0.15) is 0 Å².